The Balaban J connectivity index is 4.77. The smallest absolute Gasteiger partial charge is 0.266 e. The summed E-state index contributed by atoms with van der Waals surface area (Å²) in [6.07, 6.45) is 0. The summed E-state index contributed by atoms with van der Waals surface area (Å²) in [4.78, 5) is 0. The van der Waals surface area contributed by atoms with Crippen molar-refractivity contribution in [3.63, 3.8) is 0 Å². The van der Waals surface area contributed by atoms with Crippen LogP contribution in [-0.4, -0.2) is 38.6 Å². The van der Waals surface area contributed by atoms with Crippen LogP contribution in [0.4, 0.5) is 0 Å². The fourth-order valence-electron chi connectivity index (χ4n) is 1.01. The molecular formula is C8H14O5S2. The van der Waals surface area contributed by atoms with Gasteiger partial charge in [-0.2, -0.15) is 8.42 Å². The molecule has 1 N–H and O–H groups in total. The highest BCUT2D eigenvalue weighted by Crippen LogP contribution is 2.05. The average molecular weight is 254 g/mol. The first-order valence-corrected chi connectivity index (χ1v) is 7.71. The molecule has 1 atom stereocenters. The first-order chi connectivity index (χ1) is 6.70. The monoisotopic (exact) mass is 254 g/mol. The predicted octanol–water partition coefficient (Wildman–Crippen LogP) is -0.0516. The van der Waals surface area contributed by atoms with Gasteiger partial charge in [0.2, 0.25) is 0 Å². The van der Waals surface area contributed by atoms with Gasteiger partial charge in [-0.1, -0.05) is 12.8 Å². The van der Waals surface area contributed by atoms with E-state index >= 15 is 0 Å². The maximum atomic E-state index is 11.2. The highest BCUT2D eigenvalue weighted by atomic mass is 32.2. The second-order valence-corrected chi connectivity index (χ2v) is 6.93. The van der Waals surface area contributed by atoms with E-state index in [-0.39, 0.29) is 11.5 Å². The molecule has 0 heterocycles. The van der Waals surface area contributed by atoms with Gasteiger partial charge in [-0.05, 0) is 6.92 Å². The van der Waals surface area contributed by atoms with Crippen LogP contribution in [-0.2, 0) is 20.0 Å². The van der Waals surface area contributed by atoms with Crippen LogP contribution in [0.3, 0.4) is 0 Å². The van der Waals surface area contributed by atoms with E-state index in [0.29, 0.717) is 0 Å². The van der Waals surface area contributed by atoms with Crippen molar-refractivity contribution in [1.82, 2.24) is 0 Å². The molecule has 0 bridgehead atoms. The Morgan fingerprint density at radius 3 is 2.07 bits per heavy atom. The van der Waals surface area contributed by atoms with Crippen LogP contribution >= 0.6 is 0 Å². The molecule has 0 aliphatic heterocycles. The summed E-state index contributed by atoms with van der Waals surface area (Å²) < 4.78 is 52.2. The second kappa shape index (κ2) is 5.49. The zero-order chi connectivity index (χ0) is 12.1. The minimum absolute atomic E-state index is 0.0691. The average Bonchev–Trinajstić information content (AvgIpc) is 2.01. The summed E-state index contributed by atoms with van der Waals surface area (Å²) >= 11 is 0. The van der Waals surface area contributed by atoms with E-state index in [1.807, 2.05) is 0 Å². The standard InChI is InChI=1S/C8H14O5S2/c1-3-5-8(7-15(11,12)13)6-14(9,10)4-2/h8H,4,6-7H2,1-2H3,(H,11,12,13). The Bertz CT molecular complexity index is 449. The largest absolute Gasteiger partial charge is 0.286 e. The van der Waals surface area contributed by atoms with Crippen molar-refractivity contribution in [2.75, 3.05) is 17.3 Å². The van der Waals surface area contributed by atoms with E-state index in [4.69, 9.17) is 4.55 Å². The summed E-state index contributed by atoms with van der Waals surface area (Å²) in [5, 5.41) is 0. The summed E-state index contributed by atoms with van der Waals surface area (Å²) in [6, 6.07) is 0. The lowest BCUT2D eigenvalue weighted by atomic mass is 10.2. The maximum Gasteiger partial charge on any atom is 0.266 e. The molecule has 0 spiro atoms. The lowest BCUT2D eigenvalue weighted by molar-refractivity contribution is 0.478. The van der Waals surface area contributed by atoms with Crippen LogP contribution in [0.25, 0.3) is 0 Å². The molecule has 0 rings (SSSR count). The topological polar surface area (TPSA) is 88.5 Å². The van der Waals surface area contributed by atoms with E-state index in [9.17, 15) is 16.8 Å². The van der Waals surface area contributed by atoms with Crippen LogP contribution in [0.15, 0.2) is 0 Å². The fraction of sp³-hybridized carbons (Fsp3) is 0.750. The van der Waals surface area contributed by atoms with E-state index in [2.05, 4.69) is 11.8 Å². The quantitative estimate of drug-likeness (QED) is 0.549. The van der Waals surface area contributed by atoms with Crippen LogP contribution in [0.1, 0.15) is 13.8 Å². The molecule has 0 aliphatic rings. The molecule has 0 aliphatic carbocycles. The number of rotatable bonds is 5. The lowest BCUT2D eigenvalue weighted by Gasteiger charge is -2.08. The van der Waals surface area contributed by atoms with Gasteiger partial charge in [0.1, 0.15) is 0 Å². The third-order valence-electron chi connectivity index (χ3n) is 1.66. The van der Waals surface area contributed by atoms with Crippen LogP contribution in [0.2, 0.25) is 0 Å². The van der Waals surface area contributed by atoms with Gasteiger partial charge >= 0.3 is 0 Å². The van der Waals surface area contributed by atoms with E-state index in [1.165, 1.54) is 13.8 Å². The Kier molecular flexibility index (Phi) is 5.28. The Morgan fingerprint density at radius 1 is 1.20 bits per heavy atom. The molecule has 88 valence electrons. The van der Waals surface area contributed by atoms with Gasteiger partial charge in [0.05, 0.1) is 17.4 Å². The van der Waals surface area contributed by atoms with Gasteiger partial charge in [-0.15, -0.1) is 5.92 Å². The van der Waals surface area contributed by atoms with E-state index < -0.39 is 31.6 Å². The van der Waals surface area contributed by atoms with Crippen LogP contribution in [0.5, 0.6) is 0 Å². The SMILES string of the molecule is CC#CC(CS(=O)(=O)O)CS(=O)(=O)CC. The van der Waals surface area contributed by atoms with Crippen molar-refractivity contribution in [1.29, 1.82) is 0 Å². The zero-order valence-electron chi connectivity index (χ0n) is 8.60. The van der Waals surface area contributed by atoms with Gasteiger partial charge in [0, 0.05) is 5.75 Å². The molecule has 0 aromatic heterocycles. The second-order valence-electron chi connectivity index (χ2n) is 3.04. The van der Waals surface area contributed by atoms with Gasteiger partial charge in [0.15, 0.2) is 9.84 Å². The summed E-state index contributed by atoms with van der Waals surface area (Å²) in [6.45, 7) is 2.95. The van der Waals surface area contributed by atoms with Gasteiger partial charge in [0.25, 0.3) is 10.1 Å². The van der Waals surface area contributed by atoms with Gasteiger partial charge in [-0.25, -0.2) is 8.42 Å². The highest BCUT2D eigenvalue weighted by molar-refractivity contribution is 7.91. The first kappa shape index (κ1) is 14.4. The minimum Gasteiger partial charge on any atom is -0.286 e. The van der Waals surface area contributed by atoms with Crippen molar-refractivity contribution in [3.05, 3.63) is 0 Å². The van der Waals surface area contributed by atoms with Crippen LogP contribution < -0.4 is 0 Å². The Morgan fingerprint density at radius 2 is 1.73 bits per heavy atom. The third-order valence-corrected chi connectivity index (χ3v) is 4.27. The predicted molar refractivity (Wildman–Crippen MR) is 57.7 cm³/mol. The van der Waals surface area contributed by atoms with Gasteiger partial charge in [-0.3, -0.25) is 4.55 Å². The van der Waals surface area contributed by atoms with Gasteiger partial charge < -0.3 is 0 Å². The molecule has 15 heavy (non-hydrogen) atoms. The molecule has 7 heteroatoms. The molecule has 0 fully saturated rings. The summed E-state index contributed by atoms with van der Waals surface area (Å²) in [5.41, 5.74) is 0. The number of sulfone groups is 1. The minimum atomic E-state index is -4.19. The molecule has 0 radical (unpaired) electrons. The molecule has 0 aromatic rings. The number of hydrogen-bond acceptors (Lipinski definition) is 4. The Labute approximate surface area is 90.5 Å². The maximum absolute atomic E-state index is 11.2. The van der Waals surface area contributed by atoms with Crippen molar-refractivity contribution in [2.45, 2.75) is 13.8 Å². The molecule has 1 unspecified atom stereocenters. The summed E-state index contributed by atoms with van der Waals surface area (Å²) in [7, 11) is -7.48. The van der Waals surface area contributed by atoms with Crippen LogP contribution in [0, 0.1) is 17.8 Å². The van der Waals surface area contributed by atoms with E-state index in [1.54, 1.807) is 0 Å². The third kappa shape index (κ3) is 7.36. The molecule has 0 amide bonds. The summed E-state index contributed by atoms with van der Waals surface area (Å²) in [5.74, 6) is 2.98. The van der Waals surface area contributed by atoms with Crippen molar-refractivity contribution < 1.29 is 21.4 Å². The molecule has 0 aromatic carbocycles. The van der Waals surface area contributed by atoms with Crippen molar-refractivity contribution in [3.8, 4) is 11.8 Å². The highest BCUT2D eigenvalue weighted by Gasteiger charge is 2.21. The van der Waals surface area contributed by atoms with Crippen molar-refractivity contribution >= 4 is 20.0 Å². The molecule has 5 nitrogen and oxygen atoms in total. The normalized spacial score (nSPS) is 14.1. The first-order valence-electron chi connectivity index (χ1n) is 4.28. The zero-order valence-corrected chi connectivity index (χ0v) is 10.2. The van der Waals surface area contributed by atoms with Crippen molar-refractivity contribution in [2.24, 2.45) is 5.92 Å². The lowest BCUT2D eigenvalue weighted by Crippen LogP contribution is -2.23. The van der Waals surface area contributed by atoms with E-state index in [0.717, 1.165) is 0 Å². The molecular weight excluding hydrogens is 240 g/mol. The number of hydrogen-bond donors (Lipinski definition) is 1. The fourth-order valence-corrected chi connectivity index (χ4v) is 2.92. The molecule has 0 saturated heterocycles. The molecule has 0 saturated carbocycles. The Hall–Kier alpha value is -0.580.